The third-order valence-electron chi connectivity index (χ3n) is 5.62. The first kappa shape index (κ1) is 14.2. The molecule has 3 heteroatoms. The molecule has 3 fully saturated rings. The van der Waals surface area contributed by atoms with Crippen molar-refractivity contribution in [1.82, 2.24) is 10.2 Å². The van der Waals surface area contributed by atoms with Crippen LogP contribution in [0.4, 0.5) is 0 Å². The predicted octanol–water partition coefficient (Wildman–Crippen LogP) is 3.27. The Kier molecular flexibility index (Phi) is 4.76. The molecule has 2 bridgehead atoms. The molecule has 110 valence electrons. The van der Waals surface area contributed by atoms with Crippen molar-refractivity contribution in [3.05, 3.63) is 0 Å². The second kappa shape index (κ2) is 6.36. The van der Waals surface area contributed by atoms with E-state index in [9.17, 15) is 0 Å². The standard InChI is InChI=1S/C16H30N2S/c1-3-19-16-9-5-8-15(16)18-13-6-4-7-14(18)11-12(10-13)17-2/h12-17H,3-11H2,1-2H3. The fraction of sp³-hybridized carbons (Fsp3) is 1.00. The summed E-state index contributed by atoms with van der Waals surface area (Å²) in [5.74, 6) is 1.30. The molecule has 0 radical (unpaired) electrons. The number of hydrogen-bond donors (Lipinski definition) is 1. The quantitative estimate of drug-likeness (QED) is 0.852. The van der Waals surface area contributed by atoms with Gasteiger partial charge in [0.15, 0.2) is 0 Å². The summed E-state index contributed by atoms with van der Waals surface area (Å²) in [5.41, 5.74) is 0. The van der Waals surface area contributed by atoms with Crippen molar-refractivity contribution in [3.8, 4) is 0 Å². The van der Waals surface area contributed by atoms with Crippen LogP contribution in [0.3, 0.4) is 0 Å². The Bertz CT molecular complexity index is 282. The molecule has 3 aliphatic rings. The van der Waals surface area contributed by atoms with E-state index >= 15 is 0 Å². The summed E-state index contributed by atoms with van der Waals surface area (Å²) in [6.07, 6.45) is 11.6. The smallest absolute Gasteiger partial charge is 0.0220 e. The SMILES string of the molecule is CCSC1CCCC1N1C2CCCC1CC(NC)C2. The Morgan fingerprint density at radius 3 is 2.37 bits per heavy atom. The van der Waals surface area contributed by atoms with Gasteiger partial charge in [0, 0.05) is 29.4 Å². The molecule has 1 N–H and O–H groups in total. The summed E-state index contributed by atoms with van der Waals surface area (Å²) in [5, 5.41) is 4.48. The highest BCUT2D eigenvalue weighted by atomic mass is 32.2. The summed E-state index contributed by atoms with van der Waals surface area (Å²) < 4.78 is 0. The van der Waals surface area contributed by atoms with Gasteiger partial charge in [0.1, 0.15) is 0 Å². The van der Waals surface area contributed by atoms with Crippen LogP contribution in [-0.4, -0.2) is 47.1 Å². The van der Waals surface area contributed by atoms with Gasteiger partial charge in [0.25, 0.3) is 0 Å². The molecule has 0 spiro atoms. The molecule has 0 aromatic rings. The maximum absolute atomic E-state index is 3.55. The average molecular weight is 282 g/mol. The van der Waals surface area contributed by atoms with E-state index in [1.54, 1.807) is 0 Å². The Hall–Kier alpha value is 0.270. The van der Waals surface area contributed by atoms with E-state index < -0.39 is 0 Å². The third-order valence-corrected chi connectivity index (χ3v) is 6.93. The third kappa shape index (κ3) is 2.84. The van der Waals surface area contributed by atoms with E-state index in [-0.39, 0.29) is 0 Å². The van der Waals surface area contributed by atoms with Crippen molar-refractivity contribution in [2.45, 2.75) is 87.7 Å². The minimum atomic E-state index is 0.783. The van der Waals surface area contributed by atoms with E-state index in [2.05, 4.69) is 35.9 Å². The molecule has 4 unspecified atom stereocenters. The molecule has 2 aliphatic heterocycles. The van der Waals surface area contributed by atoms with Crippen molar-refractivity contribution < 1.29 is 0 Å². The molecule has 2 heterocycles. The summed E-state index contributed by atoms with van der Waals surface area (Å²) >= 11 is 2.23. The van der Waals surface area contributed by atoms with E-state index in [1.165, 1.54) is 57.1 Å². The van der Waals surface area contributed by atoms with Gasteiger partial charge in [-0.15, -0.1) is 0 Å². The summed E-state index contributed by atoms with van der Waals surface area (Å²) in [7, 11) is 2.15. The fourth-order valence-electron chi connectivity index (χ4n) is 4.85. The van der Waals surface area contributed by atoms with Gasteiger partial charge in [0.2, 0.25) is 0 Å². The van der Waals surface area contributed by atoms with E-state index in [0.717, 1.165) is 29.4 Å². The zero-order valence-electron chi connectivity index (χ0n) is 12.6. The number of hydrogen-bond acceptors (Lipinski definition) is 3. The van der Waals surface area contributed by atoms with Crippen LogP contribution in [0.5, 0.6) is 0 Å². The minimum Gasteiger partial charge on any atom is -0.317 e. The van der Waals surface area contributed by atoms with Crippen molar-refractivity contribution in [1.29, 1.82) is 0 Å². The fourth-order valence-corrected chi connectivity index (χ4v) is 6.11. The molecule has 0 aromatic carbocycles. The summed E-state index contributed by atoms with van der Waals surface area (Å²) in [6, 6.07) is 3.45. The first-order chi connectivity index (χ1) is 9.33. The summed E-state index contributed by atoms with van der Waals surface area (Å²) in [4.78, 5) is 3.00. The Balaban J connectivity index is 1.72. The lowest BCUT2D eigenvalue weighted by atomic mass is 9.80. The molecule has 0 amide bonds. The second-order valence-electron chi connectivity index (χ2n) is 6.63. The van der Waals surface area contributed by atoms with Crippen LogP contribution in [0.25, 0.3) is 0 Å². The zero-order valence-corrected chi connectivity index (χ0v) is 13.4. The highest BCUT2D eigenvalue weighted by Crippen LogP contribution is 2.42. The molecule has 2 saturated heterocycles. The normalized spacial score (nSPS) is 43.6. The molecular weight excluding hydrogens is 252 g/mol. The number of nitrogens with one attached hydrogen (secondary N) is 1. The highest BCUT2D eigenvalue weighted by molar-refractivity contribution is 7.99. The predicted molar refractivity (Wildman–Crippen MR) is 84.9 cm³/mol. The van der Waals surface area contributed by atoms with Gasteiger partial charge < -0.3 is 5.32 Å². The Morgan fingerprint density at radius 2 is 1.74 bits per heavy atom. The topological polar surface area (TPSA) is 15.3 Å². The lowest BCUT2D eigenvalue weighted by Crippen LogP contribution is -2.60. The molecule has 4 atom stereocenters. The van der Waals surface area contributed by atoms with Gasteiger partial charge in [-0.25, -0.2) is 0 Å². The van der Waals surface area contributed by atoms with Crippen molar-refractivity contribution in [2.24, 2.45) is 0 Å². The lowest BCUT2D eigenvalue weighted by molar-refractivity contribution is -0.00612. The average Bonchev–Trinajstić information content (AvgIpc) is 2.85. The zero-order chi connectivity index (χ0) is 13.2. The van der Waals surface area contributed by atoms with Gasteiger partial charge in [-0.3, -0.25) is 4.90 Å². The number of thioether (sulfide) groups is 1. The molecule has 1 saturated carbocycles. The van der Waals surface area contributed by atoms with Crippen LogP contribution in [0, 0.1) is 0 Å². The molecule has 1 aliphatic carbocycles. The monoisotopic (exact) mass is 282 g/mol. The van der Waals surface area contributed by atoms with E-state index in [4.69, 9.17) is 0 Å². The Morgan fingerprint density at radius 1 is 1.05 bits per heavy atom. The van der Waals surface area contributed by atoms with Crippen LogP contribution in [0.15, 0.2) is 0 Å². The van der Waals surface area contributed by atoms with Crippen molar-refractivity contribution in [2.75, 3.05) is 12.8 Å². The van der Waals surface area contributed by atoms with E-state index in [0.29, 0.717) is 0 Å². The lowest BCUT2D eigenvalue weighted by Gasteiger charge is -2.52. The minimum absolute atomic E-state index is 0.783. The van der Waals surface area contributed by atoms with Crippen molar-refractivity contribution >= 4 is 11.8 Å². The number of fused-ring (bicyclic) bond motifs is 2. The van der Waals surface area contributed by atoms with Gasteiger partial charge in [-0.05, 0) is 51.3 Å². The number of nitrogens with zero attached hydrogens (tertiary/aromatic N) is 1. The molecule has 2 nitrogen and oxygen atoms in total. The molecular formula is C16H30N2S. The number of rotatable bonds is 4. The Labute approximate surface area is 123 Å². The van der Waals surface area contributed by atoms with Crippen LogP contribution in [-0.2, 0) is 0 Å². The first-order valence-electron chi connectivity index (χ1n) is 8.39. The van der Waals surface area contributed by atoms with Gasteiger partial charge in [0.05, 0.1) is 0 Å². The molecule has 19 heavy (non-hydrogen) atoms. The van der Waals surface area contributed by atoms with Crippen molar-refractivity contribution in [3.63, 3.8) is 0 Å². The van der Waals surface area contributed by atoms with Gasteiger partial charge in [-0.2, -0.15) is 11.8 Å². The first-order valence-corrected chi connectivity index (χ1v) is 9.44. The van der Waals surface area contributed by atoms with Crippen LogP contribution in [0.2, 0.25) is 0 Å². The highest BCUT2D eigenvalue weighted by Gasteiger charge is 2.44. The van der Waals surface area contributed by atoms with Gasteiger partial charge >= 0.3 is 0 Å². The largest absolute Gasteiger partial charge is 0.317 e. The van der Waals surface area contributed by atoms with Crippen LogP contribution >= 0.6 is 11.8 Å². The molecule has 3 rings (SSSR count). The number of piperidine rings is 2. The van der Waals surface area contributed by atoms with Crippen LogP contribution < -0.4 is 5.32 Å². The van der Waals surface area contributed by atoms with Gasteiger partial charge in [-0.1, -0.05) is 19.8 Å². The maximum atomic E-state index is 3.55. The molecule has 0 aromatic heterocycles. The second-order valence-corrected chi connectivity index (χ2v) is 8.15. The van der Waals surface area contributed by atoms with E-state index in [1.807, 2.05) is 0 Å². The summed E-state index contributed by atoms with van der Waals surface area (Å²) in [6.45, 7) is 2.33. The van der Waals surface area contributed by atoms with Crippen LogP contribution in [0.1, 0.15) is 58.3 Å². The maximum Gasteiger partial charge on any atom is 0.0220 e.